The topological polar surface area (TPSA) is 80.0 Å². The fourth-order valence-electron chi connectivity index (χ4n) is 2.49. The monoisotopic (exact) mass is 252 g/mol. The lowest BCUT2D eigenvalue weighted by Crippen LogP contribution is -2.31. The zero-order chi connectivity index (χ0) is 13.0. The molecule has 1 aromatic rings. The van der Waals surface area contributed by atoms with Crippen molar-refractivity contribution in [3.05, 3.63) is 11.9 Å². The highest BCUT2D eigenvalue weighted by molar-refractivity contribution is 5.84. The third-order valence-corrected chi connectivity index (χ3v) is 3.64. The molecule has 0 bridgehead atoms. The van der Waals surface area contributed by atoms with Crippen molar-refractivity contribution in [3.63, 3.8) is 0 Å². The molecule has 0 aromatic carbocycles. The van der Waals surface area contributed by atoms with E-state index in [-0.39, 0.29) is 5.69 Å². The Morgan fingerprint density at radius 2 is 2.28 bits per heavy atom. The van der Waals surface area contributed by atoms with E-state index in [2.05, 4.69) is 22.6 Å². The predicted molar refractivity (Wildman–Crippen MR) is 66.4 cm³/mol. The van der Waals surface area contributed by atoms with Crippen LogP contribution in [0.2, 0.25) is 0 Å². The summed E-state index contributed by atoms with van der Waals surface area (Å²) in [5.41, 5.74) is 0.437. The number of aromatic nitrogens is 3. The molecular weight excluding hydrogens is 232 g/mol. The lowest BCUT2D eigenvalue weighted by atomic mass is 9.89. The summed E-state index contributed by atoms with van der Waals surface area (Å²) in [4.78, 5) is 10.6. The van der Waals surface area contributed by atoms with Crippen LogP contribution in [0.15, 0.2) is 6.20 Å². The highest BCUT2D eigenvalue weighted by atomic mass is 16.4. The van der Waals surface area contributed by atoms with Crippen molar-refractivity contribution in [3.8, 4) is 0 Å². The molecule has 1 aliphatic rings. The summed E-state index contributed by atoms with van der Waals surface area (Å²) in [6, 6.07) is 0. The molecule has 0 atom stereocenters. The Morgan fingerprint density at radius 3 is 2.89 bits per heavy atom. The van der Waals surface area contributed by atoms with Crippen molar-refractivity contribution >= 4 is 5.97 Å². The fourth-order valence-corrected chi connectivity index (χ4v) is 2.49. The van der Waals surface area contributed by atoms with Crippen LogP contribution in [-0.2, 0) is 6.54 Å². The van der Waals surface area contributed by atoms with Crippen LogP contribution in [0.5, 0.6) is 0 Å². The molecule has 2 rings (SSSR count). The molecule has 6 heteroatoms. The van der Waals surface area contributed by atoms with E-state index in [1.54, 1.807) is 4.68 Å². The molecule has 1 heterocycles. The molecule has 100 valence electrons. The largest absolute Gasteiger partial charge is 0.476 e. The number of nitrogens with one attached hydrogen (secondary N) is 1. The second kappa shape index (κ2) is 5.48. The molecule has 1 aromatic heterocycles. The maximum absolute atomic E-state index is 10.6. The van der Waals surface area contributed by atoms with Crippen molar-refractivity contribution < 1.29 is 9.90 Å². The smallest absolute Gasteiger partial charge is 0.358 e. The molecule has 1 aliphatic carbocycles. The highest BCUT2D eigenvalue weighted by Crippen LogP contribution is 2.36. The van der Waals surface area contributed by atoms with Gasteiger partial charge in [0.25, 0.3) is 0 Å². The number of carboxylic acids is 1. The van der Waals surface area contributed by atoms with Gasteiger partial charge in [0, 0.05) is 13.1 Å². The van der Waals surface area contributed by atoms with Gasteiger partial charge < -0.3 is 10.4 Å². The van der Waals surface area contributed by atoms with Crippen LogP contribution in [0, 0.1) is 5.41 Å². The van der Waals surface area contributed by atoms with Gasteiger partial charge in [-0.05, 0) is 18.3 Å². The summed E-state index contributed by atoms with van der Waals surface area (Å²) >= 11 is 0. The van der Waals surface area contributed by atoms with Crippen LogP contribution < -0.4 is 5.32 Å². The molecule has 0 amide bonds. The number of carbonyl (C=O) groups is 1. The van der Waals surface area contributed by atoms with Gasteiger partial charge in [-0.2, -0.15) is 0 Å². The Morgan fingerprint density at radius 1 is 1.56 bits per heavy atom. The van der Waals surface area contributed by atoms with Gasteiger partial charge >= 0.3 is 5.97 Å². The van der Waals surface area contributed by atoms with Gasteiger partial charge in [-0.1, -0.05) is 25.0 Å². The first kappa shape index (κ1) is 13.0. The highest BCUT2D eigenvalue weighted by Gasteiger charge is 2.27. The fraction of sp³-hybridized carbons (Fsp3) is 0.750. The summed E-state index contributed by atoms with van der Waals surface area (Å²) in [7, 11) is 0. The van der Waals surface area contributed by atoms with Crippen LogP contribution in [0.3, 0.4) is 0 Å². The van der Waals surface area contributed by atoms with Crippen LogP contribution in [0.4, 0.5) is 0 Å². The Labute approximate surface area is 106 Å². The average molecular weight is 252 g/mol. The lowest BCUT2D eigenvalue weighted by molar-refractivity contribution is 0.0690. The number of aromatic carboxylic acids is 1. The molecule has 0 spiro atoms. The van der Waals surface area contributed by atoms with E-state index in [0.717, 1.165) is 13.1 Å². The van der Waals surface area contributed by atoms with Gasteiger partial charge in [0.15, 0.2) is 5.69 Å². The zero-order valence-corrected chi connectivity index (χ0v) is 10.7. The molecule has 2 N–H and O–H groups in total. The van der Waals surface area contributed by atoms with E-state index < -0.39 is 5.97 Å². The van der Waals surface area contributed by atoms with E-state index in [1.807, 2.05) is 0 Å². The lowest BCUT2D eigenvalue weighted by Gasteiger charge is -2.23. The van der Waals surface area contributed by atoms with Crippen molar-refractivity contribution in [1.82, 2.24) is 20.3 Å². The predicted octanol–water partition coefficient (Wildman–Crippen LogP) is 1.15. The number of nitrogens with zero attached hydrogens (tertiary/aromatic N) is 3. The van der Waals surface area contributed by atoms with E-state index in [4.69, 9.17) is 5.11 Å². The maximum Gasteiger partial charge on any atom is 0.358 e. The number of carboxylic acid groups (broad SMARTS) is 1. The molecule has 0 radical (unpaired) electrons. The Hall–Kier alpha value is -1.43. The first-order valence-corrected chi connectivity index (χ1v) is 6.43. The summed E-state index contributed by atoms with van der Waals surface area (Å²) in [6.45, 7) is 4.78. The van der Waals surface area contributed by atoms with E-state index in [9.17, 15) is 4.79 Å². The Bertz CT molecular complexity index is 410. The summed E-state index contributed by atoms with van der Waals surface area (Å²) < 4.78 is 1.56. The van der Waals surface area contributed by atoms with Crippen molar-refractivity contribution in [2.24, 2.45) is 5.41 Å². The Balaban J connectivity index is 1.70. The third-order valence-electron chi connectivity index (χ3n) is 3.64. The molecule has 0 unspecified atom stereocenters. The van der Waals surface area contributed by atoms with Gasteiger partial charge in [0.2, 0.25) is 0 Å². The third kappa shape index (κ3) is 3.29. The minimum absolute atomic E-state index is 0.00208. The van der Waals surface area contributed by atoms with Crippen LogP contribution in [0.25, 0.3) is 0 Å². The summed E-state index contributed by atoms with van der Waals surface area (Å²) in [6.07, 6.45) is 6.73. The van der Waals surface area contributed by atoms with E-state index in [1.165, 1.54) is 31.9 Å². The molecule has 18 heavy (non-hydrogen) atoms. The minimum atomic E-state index is -1.03. The van der Waals surface area contributed by atoms with Gasteiger partial charge in [-0.3, -0.25) is 4.68 Å². The van der Waals surface area contributed by atoms with Gasteiger partial charge in [-0.25, -0.2) is 4.79 Å². The maximum atomic E-state index is 10.6. The minimum Gasteiger partial charge on any atom is -0.476 e. The van der Waals surface area contributed by atoms with E-state index in [0.29, 0.717) is 12.0 Å². The zero-order valence-electron chi connectivity index (χ0n) is 10.7. The van der Waals surface area contributed by atoms with Crippen LogP contribution in [-0.4, -0.2) is 39.2 Å². The summed E-state index contributed by atoms with van der Waals surface area (Å²) in [5.74, 6) is -1.03. The first-order valence-electron chi connectivity index (χ1n) is 6.43. The van der Waals surface area contributed by atoms with Gasteiger partial charge in [0.1, 0.15) is 0 Å². The standard InChI is InChI=1S/C12H20N4O2/c1-12(4-2-3-5-12)9-13-6-7-16-8-10(11(17)18)14-15-16/h8,13H,2-7,9H2,1H3,(H,17,18). The van der Waals surface area contributed by atoms with Crippen molar-refractivity contribution in [2.75, 3.05) is 13.1 Å². The quantitative estimate of drug-likeness (QED) is 0.742. The normalized spacial score (nSPS) is 18.1. The number of hydrogen-bond acceptors (Lipinski definition) is 4. The van der Waals surface area contributed by atoms with Crippen molar-refractivity contribution in [1.29, 1.82) is 0 Å². The molecule has 1 saturated carbocycles. The van der Waals surface area contributed by atoms with E-state index >= 15 is 0 Å². The first-order chi connectivity index (χ1) is 8.59. The number of rotatable bonds is 6. The van der Waals surface area contributed by atoms with Gasteiger partial charge in [-0.15, -0.1) is 5.10 Å². The number of hydrogen-bond donors (Lipinski definition) is 2. The molecule has 0 aliphatic heterocycles. The SMILES string of the molecule is CC1(CNCCn2cc(C(=O)O)nn2)CCCC1. The molecule has 6 nitrogen and oxygen atoms in total. The van der Waals surface area contributed by atoms with Crippen molar-refractivity contribution in [2.45, 2.75) is 39.2 Å². The second-order valence-electron chi connectivity index (χ2n) is 5.37. The summed E-state index contributed by atoms with van der Waals surface area (Å²) in [5, 5.41) is 19.5. The van der Waals surface area contributed by atoms with Crippen LogP contribution >= 0.6 is 0 Å². The van der Waals surface area contributed by atoms with Crippen LogP contribution in [0.1, 0.15) is 43.1 Å². The molecular formula is C12H20N4O2. The molecule has 1 fully saturated rings. The Kier molecular flexibility index (Phi) is 3.96. The second-order valence-corrected chi connectivity index (χ2v) is 5.37. The molecule has 0 saturated heterocycles. The van der Waals surface area contributed by atoms with Gasteiger partial charge in [0.05, 0.1) is 12.7 Å². The average Bonchev–Trinajstić information content (AvgIpc) is 2.94.